The van der Waals surface area contributed by atoms with Gasteiger partial charge in [-0.25, -0.2) is 4.39 Å². The molecular weight excluding hydrogens is 557 g/mol. The van der Waals surface area contributed by atoms with Crippen LogP contribution in [-0.4, -0.2) is 83.6 Å². The zero-order valence-corrected chi connectivity index (χ0v) is 24.0. The van der Waals surface area contributed by atoms with Gasteiger partial charge in [0.15, 0.2) is 5.82 Å². The molecule has 0 radical (unpaired) electrons. The number of aromatic nitrogens is 2. The number of hydrogen-bond acceptors (Lipinski definition) is 8. The Hall–Kier alpha value is -3.24. The van der Waals surface area contributed by atoms with Crippen molar-refractivity contribution in [2.24, 2.45) is 0 Å². The van der Waals surface area contributed by atoms with Crippen LogP contribution in [0.15, 0.2) is 42.5 Å². The fraction of sp³-hybridized carbons (Fsp3) is 0.438. The summed E-state index contributed by atoms with van der Waals surface area (Å²) in [7, 11) is 0. The Morgan fingerprint density at radius 3 is 2.62 bits per heavy atom. The Bertz CT molecular complexity index is 1660. The molecule has 4 fully saturated rings. The number of ether oxygens (including phenoxy) is 2. The van der Waals surface area contributed by atoms with Crippen molar-refractivity contribution in [2.45, 2.75) is 49.9 Å². The second-order valence-electron chi connectivity index (χ2n) is 12.1. The van der Waals surface area contributed by atoms with Crippen molar-refractivity contribution in [3.05, 3.63) is 53.3 Å². The second kappa shape index (κ2) is 10.5. The largest absolute Gasteiger partial charge is 0.508 e. The number of benzene rings is 3. The van der Waals surface area contributed by atoms with Crippen molar-refractivity contribution in [1.82, 2.24) is 20.2 Å². The van der Waals surface area contributed by atoms with Crippen LogP contribution >= 0.6 is 11.6 Å². The van der Waals surface area contributed by atoms with Crippen LogP contribution in [0.3, 0.4) is 0 Å². The number of hydrogen-bond donors (Lipinski definition) is 2. The summed E-state index contributed by atoms with van der Waals surface area (Å²) in [5, 5.41) is 16.5. The summed E-state index contributed by atoms with van der Waals surface area (Å²) in [6, 6.07) is 14.5. The van der Waals surface area contributed by atoms with E-state index in [1.54, 1.807) is 18.2 Å². The molecule has 4 saturated heterocycles. The van der Waals surface area contributed by atoms with Crippen molar-refractivity contribution in [3.8, 4) is 22.9 Å². The predicted octanol–water partition coefficient (Wildman–Crippen LogP) is 5.13. The van der Waals surface area contributed by atoms with Gasteiger partial charge in [0.2, 0.25) is 0 Å². The fourth-order valence-electron chi connectivity index (χ4n) is 7.37. The normalized spacial score (nSPS) is 25.2. The Morgan fingerprint density at radius 1 is 1.05 bits per heavy atom. The number of phenols is 1. The van der Waals surface area contributed by atoms with Crippen molar-refractivity contribution >= 4 is 39.1 Å². The summed E-state index contributed by atoms with van der Waals surface area (Å²) >= 11 is 6.85. The van der Waals surface area contributed by atoms with E-state index in [2.05, 4.69) is 20.1 Å². The minimum Gasteiger partial charge on any atom is -0.508 e. The van der Waals surface area contributed by atoms with Gasteiger partial charge in [-0.2, -0.15) is 9.97 Å². The number of nitrogens with zero attached hydrogens (tertiary/aromatic N) is 4. The van der Waals surface area contributed by atoms with E-state index in [4.69, 9.17) is 26.1 Å². The number of rotatable bonds is 7. The summed E-state index contributed by atoms with van der Waals surface area (Å²) in [6.07, 6.45) is 4.26. The zero-order valence-electron chi connectivity index (χ0n) is 23.2. The molecule has 4 aliphatic rings. The van der Waals surface area contributed by atoms with Crippen molar-refractivity contribution in [3.63, 3.8) is 0 Å². The molecule has 8 rings (SSSR count). The lowest BCUT2D eigenvalue weighted by Gasteiger charge is -2.52. The first-order valence-electron chi connectivity index (χ1n) is 14.9. The highest BCUT2D eigenvalue weighted by Gasteiger charge is 2.41. The third kappa shape index (κ3) is 4.54. The molecule has 218 valence electrons. The number of anilines is 1. The van der Waals surface area contributed by atoms with Crippen LogP contribution < -0.4 is 15.0 Å². The molecule has 0 spiro atoms. The number of phenolic OH excluding ortho intramolecular Hbond substituents is 1. The molecule has 3 aromatic carbocycles. The van der Waals surface area contributed by atoms with Gasteiger partial charge in [-0.05, 0) is 60.2 Å². The standard InChI is InChI=1S/C32H33ClFN5O3/c33-27-13-26-30(29(34)28(27)25-12-23(40)10-18-4-1-2-5-24(18)25)36-32(37-31(26)38-14-19-6-7-20(15-38)35-19)42-9-3-8-39-21-11-22(39)17-41-16-21/h1-2,4-5,10,12-13,19-22,35,40H,3,6-9,11,14-17H2. The summed E-state index contributed by atoms with van der Waals surface area (Å²) < 4.78 is 28.4. The number of morpholine rings is 1. The summed E-state index contributed by atoms with van der Waals surface area (Å²) in [4.78, 5) is 14.2. The van der Waals surface area contributed by atoms with Crippen molar-refractivity contribution in [1.29, 1.82) is 0 Å². The Morgan fingerprint density at radius 2 is 1.83 bits per heavy atom. The summed E-state index contributed by atoms with van der Waals surface area (Å²) in [5.41, 5.74) is 0.892. The Labute approximate surface area is 248 Å². The van der Waals surface area contributed by atoms with Gasteiger partial charge in [-0.3, -0.25) is 4.90 Å². The van der Waals surface area contributed by atoms with Crippen LogP contribution in [0.1, 0.15) is 25.7 Å². The highest BCUT2D eigenvalue weighted by Crippen LogP contribution is 2.43. The smallest absolute Gasteiger partial charge is 0.319 e. The first-order valence-corrected chi connectivity index (χ1v) is 15.3. The summed E-state index contributed by atoms with van der Waals surface area (Å²) in [6.45, 7) is 4.53. The molecular formula is C32H33ClFN5O3. The average Bonchev–Trinajstić information content (AvgIpc) is 3.34. The molecule has 5 heterocycles. The highest BCUT2D eigenvalue weighted by molar-refractivity contribution is 6.35. The van der Waals surface area contributed by atoms with E-state index in [0.717, 1.165) is 62.9 Å². The maximum Gasteiger partial charge on any atom is 0.319 e. The van der Waals surface area contributed by atoms with Crippen LogP contribution in [-0.2, 0) is 4.74 Å². The molecule has 4 bridgehead atoms. The van der Waals surface area contributed by atoms with E-state index >= 15 is 4.39 Å². The molecule has 1 aromatic heterocycles. The van der Waals surface area contributed by atoms with Gasteiger partial charge < -0.3 is 24.8 Å². The van der Waals surface area contributed by atoms with Crippen LogP contribution in [0, 0.1) is 5.82 Å². The molecule has 4 aliphatic heterocycles. The first kappa shape index (κ1) is 26.4. The second-order valence-corrected chi connectivity index (χ2v) is 12.5. The SMILES string of the molecule is Oc1cc(-c2c(Cl)cc3c(N4CC5CCC(C4)N5)nc(OCCCN4C5COCC4C5)nc3c2F)c2ccccc2c1. The predicted molar refractivity (Wildman–Crippen MR) is 161 cm³/mol. The number of aromatic hydroxyl groups is 1. The van der Waals surface area contributed by atoms with E-state index in [9.17, 15) is 5.11 Å². The van der Waals surface area contributed by atoms with Gasteiger partial charge in [0.25, 0.3) is 0 Å². The molecule has 0 aliphatic carbocycles. The topological polar surface area (TPSA) is 83.0 Å². The van der Waals surface area contributed by atoms with E-state index in [1.807, 2.05) is 24.3 Å². The third-order valence-electron chi connectivity index (χ3n) is 9.37. The van der Waals surface area contributed by atoms with Crippen LogP contribution in [0.5, 0.6) is 11.8 Å². The van der Waals surface area contributed by atoms with Crippen molar-refractivity contribution < 1.29 is 19.0 Å². The molecule has 4 unspecified atom stereocenters. The number of halogens is 2. The van der Waals surface area contributed by atoms with Gasteiger partial charge in [0.1, 0.15) is 17.1 Å². The van der Waals surface area contributed by atoms with Crippen LogP contribution in [0.25, 0.3) is 32.8 Å². The maximum atomic E-state index is 16.7. The molecule has 2 N–H and O–H groups in total. The minimum absolute atomic E-state index is 0.0425. The quantitative estimate of drug-likeness (QED) is 0.287. The van der Waals surface area contributed by atoms with E-state index in [-0.39, 0.29) is 27.9 Å². The van der Waals surface area contributed by atoms with Gasteiger partial charge in [0.05, 0.1) is 24.8 Å². The molecule has 0 amide bonds. The monoisotopic (exact) mass is 589 g/mol. The van der Waals surface area contributed by atoms with Gasteiger partial charge in [0, 0.05) is 54.8 Å². The molecule has 8 nitrogen and oxygen atoms in total. The lowest BCUT2D eigenvalue weighted by atomic mass is 9.91. The average molecular weight is 590 g/mol. The number of fused-ring (bicyclic) bond motifs is 6. The molecule has 4 aromatic rings. The Balaban J connectivity index is 1.18. The summed E-state index contributed by atoms with van der Waals surface area (Å²) in [5.74, 6) is 0.144. The van der Waals surface area contributed by atoms with Gasteiger partial charge in [-0.1, -0.05) is 35.9 Å². The van der Waals surface area contributed by atoms with E-state index in [0.29, 0.717) is 47.5 Å². The fourth-order valence-corrected chi connectivity index (χ4v) is 7.67. The number of nitrogens with one attached hydrogen (secondary N) is 1. The van der Waals surface area contributed by atoms with E-state index in [1.165, 1.54) is 6.42 Å². The third-order valence-corrected chi connectivity index (χ3v) is 9.67. The maximum absolute atomic E-state index is 16.7. The highest BCUT2D eigenvalue weighted by atomic mass is 35.5. The number of piperazine rings is 1. The molecule has 42 heavy (non-hydrogen) atoms. The lowest BCUT2D eigenvalue weighted by Crippen LogP contribution is -2.63. The molecule has 0 saturated carbocycles. The van der Waals surface area contributed by atoms with Gasteiger partial charge in [-0.15, -0.1) is 0 Å². The van der Waals surface area contributed by atoms with Crippen molar-refractivity contribution in [2.75, 3.05) is 44.4 Å². The zero-order chi connectivity index (χ0) is 28.4. The molecule has 4 atom stereocenters. The first-order chi connectivity index (χ1) is 20.5. The molecule has 10 heteroatoms. The van der Waals surface area contributed by atoms with Gasteiger partial charge >= 0.3 is 6.01 Å². The van der Waals surface area contributed by atoms with Crippen LogP contribution in [0.4, 0.5) is 10.2 Å². The minimum atomic E-state index is -0.548. The lowest BCUT2D eigenvalue weighted by molar-refractivity contribution is -0.127. The van der Waals surface area contributed by atoms with E-state index < -0.39 is 5.82 Å². The van der Waals surface area contributed by atoms with Crippen LogP contribution in [0.2, 0.25) is 5.02 Å². The Kier molecular flexibility index (Phi) is 6.59.